The highest BCUT2D eigenvalue weighted by Crippen LogP contribution is 2.32. The first-order valence-electron chi connectivity index (χ1n) is 12.1. The van der Waals surface area contributed by atoms with Crippen LogP contribution in [0.4, 0.5) is 4.39 Å². The molecule has 0 aromatic heterocycles. The summed E-state index contributed by atoms with van der Waals surface area (Å²) in [6, 6.07) is 29.8. The van der Waals surface area contributed by atoms with Gasteiger partial charge in [-0.15, -0.1) is 0 Å². The summed E-state index contributed by atoms with van der Waals surface area (Å²) < 4.78 is 30.5. The number of carbonyl (C=O) groups is 1. The molecule has 190 valence electrons. The number of halogens is 1. The summed E-state index contributed by atoms with van der Waals surface area (Å²) in [6.45, 7) is 0.911. The number of benzene rings is 4. The molecule has 0 unspecified atom stereocenters. The van der Waals surface area contributed by atoms with Gasteiger partial charge in [-0.25, -0.2) is 9.18 Å². The second-order valence-electron chi connectivity index (χ2n) is 8.54. The Morgan fingerprint density at radius 1 is 0.811 bits per heavy atom. The van der Waals surface area contributed by atoms with Crippen molar-refractivity contribution >= 4 is 5.97 Å². The zero-order valence-electron chi connectivity index (χ0n) is 20.6. The molecule has 37 heavy (non-hydrogen) atoms. The Morgan fingerprint density at radius 2 is 1.46 bits per heavy atom. The van der Waals surface area contributed by atoms with E-state index in [9.17, 15) is 14.3 Å². The summed E-state index contributed by atoms with van der Waals surface area (Å²) in [5.41, 5.74) is 4.61. The van der Waals surface area contributed by atoms with E-state index in [2.05, 4.69) is 12.1 Å². The van der Waals surface area contributed by atoms with Gasteiger partial charge in [0.25, 0.3) is 0 Å². The maximum Gasteiger partial charge on any atom is 0.333 e. The summed E-state index contributed by atoms with van der Waals surface area (Å²) in [4.78, 5) is 11.4. The van der Waals surface area contributed by atoms with Crippen molar-refractivity contribution < 1.29 is 28.5 Å². The van der Waals surface area contributed by atoms with Crippen molar-refractivity contribution in [2.45, 2.75) is 18.9 Å². The Labute approximate surface area is 216 Å². The average molecular weight is 501 g/mol. The van der Waals surface area contributed by atoms with Gasteiger partial charge in [-0.2, -0.15) is 0 Å². The van der Waals surface area contributed by atoms with E-state index in [-0.39, 0.29) is 12.2 Å². The molecule has 6 heteroatoms. The van der Waals surface area contributed by atoms with Gasteiger partial charge >= 0.3 is 5.97 Å². The topological polar surface area (TPSA) is 65.0 Å². The molecule has 0 saturated heterocycles. The molecule has 0 aliphatic rings. The summed E-state index contributed by atoms with van der Waals surface area (Å²) >= 11 is 0. The van der Waals surface area contributed by atoms with Gasteiger partial charge < -0.3 is 19.3 Å². The molecule has 5 nitrogen and oxygen atoms in total. The average Bonchev–Trinajstić information content (AvgIpc) is 2.93. The van der Waals surface area contributed by atoms with Crippen molar-refractivity contribution in [3.05, 3.63) is 108 Å². The van der Waals surface area contributed by atoms with E-state index in [4.69, 9.17) is 14.2 Å². The maximum atomic E-state index is 13.5. The van der Waals surface area contributed by atoms with Crippen LogP contribution in [0.15, 0.2) is 97.1 Å². The van der Waals surface area contributed by atoms with Crippen LogP contribution in [0.5, 0.6) is 11.5 Å². The van der Waals surface area contributed by atoms with Crippen LogP contribution in [-0.4, -0.2) is 37.5 Å². The van der Waals surface area contributed by atoms with Crippen molar-refractivity contribution in [1.29, 1.82) is 0 Å². The normalized spacial score (nSPS) is 11.6. The molecule has 1 N–H and O–H groups in total. The van der Waals surface area contributed by atoms with Crippen LogP contribution >= 0.6 is 0 Å². The summed E-state index contributed by atoms with van der Waals surface area (Å²) in [6.07, 6.45) is -0.0840. The number of methoxy groups -OCH3 is 1. The Bertz CT molecular complexity index is 1290. The molecule has 0 spiro atoms. The van der Waals surface area contributed by atoms with E-state index in [1.165, 1.54) is 19.2 Å². The fourth-order valence-electron chi connectivity index (χ4n) is 3.98. The van der Waals surface area contributed by atoms with Crippen molar-refractivity contribution in [3.8, 4) is 33.8 Å². The lowest BCUT2D eigenvalue weighted by Crippen LogP contribution is -2.24. The fourth-order valence-corrected chi connectivity index (χ4v) is 3.98. The standard InChI is InChI=1S/C31H29FO5/c1-35-30(31(33)34)21-22-8-17-29(28(20-22)25-9-13-26(32)14-10-25)37-19-5-18-36-27-15-11-24(12-16-27)23-6-3-2-4-7-23/h2-4,6-17,20,30H,5,18-19,21H2,1H3,(H,33,34)/t30-/m0/s1. The number of rotatable bonds is 12. The van der Waals surface area contributed by atoms with Crippen molar-refractivity contribution in [2.75, 3.05) is 20.3 Å². The van der Waals surface area contributed by atoms with E-state index in [0.717, 1.165) is 33.6 Å². The fraction of sp³-hybridized carbons (Fsp3) is 0.194. The predicted molar refractivity (Wildman–Crippen MR) is 141 cm³/mol. The number of carboxylic acid groups (broad SMARTS) is 1. The third-order valence-corrected chi connectivity index (χ3v) is 5.96. The molecule has 4 aromatic rings. The Morgan fingerprint density at radius 3 is 2.14 bits per heavy atom. The number of hydrogen-bond donors (Lipinski definition) is 1. The third kappa shape index (κ3) is 7.18. The minimum atomic E-state index is -1.03. The van der Waals surface area contributed by atoms with Crippen molar-refractivity contribution in [1.82, 2.24) is 0 Å². The highest BCUT2D eigenvalue weighted by Gasteiger charge is 2.18. The largest absolute Gasteiger partial charge is 0.493 e. The van der Waals surface area contributed by atoms with Crippen LogP contribution in [0.2, 0.25) is 0 Å². The van der Waals surface area contributed by atoms with Gasteiger partial charge in [-0.05, 0) is 58.7 Å². The second kappa shape index (κ2) is 12.7. The molecule has 0 aliphatic heterocycles. The highest BCUT2D eigenvalue weighted by atomic mass is 19.1. The van der Waals surface area contributed by atoms with Gasteiger partial charge in [0, 0.05) is 25.5 Å². The van der Waals surface area contributed by atoms with E-state index in [1.807, 2.05) is 60.7 Å². The molecule has 0 bridgehead atoms. The number of carboxylic acids is 1. The lowest BCUT2D eigenvalue weighted by Gasteiger charge is -2.16. The smallest absolute Gasteiger partial charge is 0.333 e. The van der Waals surface area contributed by atoms with E-state index >= 15 is 0 Å². The zero-order chi connectivity index (χ0) is 26.0. The second-order valence-corrected chi connectivity index (χ2v) is 8.54. The molecule has 0 heterocycles. The van der Waals surface area contributed by atoms with Crippen LogP contribution in [0, 0.1) is 5.82 Å². The molecular weight excluding hydrogens is 471 g/mol. The van der Waals surface area contributed by atoms with Gasteiger partial charge in [-0.1, -0.05) is 60.7 Å². The van der Waals surface area contributed by atoms with Gasteiger partial charge in [0.1, 0.15) is 17.3 Å². The third-order valence-electron chi connectivity index (χ3n) is 5.96. The molecule has 1 atom stereocenters. The van der Waals surface area contributed by atoms with Gasteiger partial charge in [0.05, 0.1) is 13.2 Å². The van der Waals surface area contributed by atoms with Crippen molar-refractivity contribution in [2.24, 2.45) is 0 Å². The monoisotopic (exact) mass is 500 g/mol. The molecule has 0 saturated carbocycles. The molecular formula is C31H29FO5. The lowest BCUT2D eigenvalue weighted by atomic mass is 9.99. The van der Waals surface area contributed by atoms with Crippen LogP contribution < -0.4 is 9.47 Å². The first kappa shape index (κ1) is 25.9. The van der Waals surface area contributed by atoms with E-state index < -0.39 is 12.1 Å². The summed E-state index contributed by atoms with van der Waals surface area (Å²) in [7, 11) is 1.37. The number of aliphatic carboxylic acids is 1. The molecule has 0 amide bonds. The van der Waals surface area contributed by atoms with Crippen LogP contribution in [0.25, 0.3) is 22.3 Å². The zero-order valence-corrected chi connectivity index (χ0v) is 20.6. The highest BCUT2D eigenvalue weighted by molar-refractivity contribution is 5.74. The van der Waals surface area contributed by atoms with Crippen molar-refractivity contribution in [3.63, 3.8) is 0 Å². The SMILES string of the molecule is CO[C@@H](Cc1ccc(OCCCOc2ccc(-c3ccccc3)cc2)c(-c2ccc(F)cc2)c1)C(=O)O. The first-order chi connectivity index (χ1) is 18.0. The predicted octanol–water partition coefficient (Wildman–Crippen LogP) is 6.65. The van der Waals surface area contributed by atoms with Gasteiger partial charge in [-0.3, -0.25) is 0 Å². The maximum absolute atomic E-state index is 13.5. The minimum absolute atomic E-state index is 0.206. The van der Waals surface area contributed by atoms with E-state index in [1.54, 1.807) is 12.1 Å². The van der Waals surface area contributed by atoms with Crippen LogP contribution in [0.3, 0.4) is 0 Å². The van der Waals surface area contributed by atoms with Gasteiger partial charge in [0.2, 0.25) is 0 Å². The van der Waals surface area contributed by atoms with Gasteiger partial charge in [0.15, 0.2) is 6.10 Å². The molecule has 0 aliphatic carbocycles. The Hall–Kier alpha value is -4.16. The molecule has 0 fully saturated rings. The Balaban J connectivity index is 1.36. The molecule has 4 rings (SSSR count). The first-order valence-corrected chi connectivity index (χ1v) is 12.1. The lowest BCUT2D eigenvalue weighted by molar-refractivity contribution is -0.148. The van der Waals surface area contributed by atoms with Crippen LogP contribution in [-0.2, 0) is 16.0 Å². The number of hydrogen-bond acceptors (Lipinski definition) is 4. The van der Waals surface area contributed by atoms with Crippen LogP contribution in [0.1, 0.15) is 12.0 Å². The Kier molecular flexibility index (Phi) is 8.89. The minimum Gasteiger partial charge on any atom is -0.493 e. The number of ether oxygens (including phenoxy) is 3. The van der Waals surface area contributed by atoms with E-state index in [0.29, 0.717) is 25.4 Å². The summed E-state index contributed by atoms with van der Waals surface area (Å²) in [5.74, 6) is 0.0662. The summed E-state index contributed by atoms with van der Waals surface area (Å²) in [5, 5.41) is 9.32. The molecule has 0 radical (unpaired) electrons. The quantitative estimate of drug-likeness (QED) is 0.221. The molecule has 4 aromatic carbocycles.